The van der Waals surface area contributed by atoms with Crippen molar-refractivity contribution in [2.24, 2.45) is 0 Å². The van der Waals surface area contributed by atoms with Crippen molar-refractivity contribution in [3.63, 3.8) is 0 Å². The predicted molar refractivity (Wildman–Crippen MR) is 117 cm³/mol. The minimum Gasteiger partial charge on any atom is -0.346 e. The Hall–Kier alpha value is -2.82. The van der Waals surface area contributed by atoms with Crippen LogP contribution in [0, 0.1) is 20.8 Å². The number of hydrogen-bond acceptors (Lipinski definition) is 6. The molecule has 3 N–H and O–H groups in total. The molecular formula is C20H22N4O4S2. The third kappa shape index (κ3) is 5.41. The fourth-order valence-electron chi connectivity index (χ4n) is 2.79. The van der Waals surface area contributed by atoms with E-state index in [-0.39, 0.29) is 11.4 Å². The van der Waals surface area contributed by atoms with Crippen LogP contribution in [0.15, 0.2) is 41.3 Å². The molecule has 0 atom stereocenters. The molecule has 3 aromatic rings. The second kappa shape index (κ2) is 8.90. The summed E-state index contributed by atoms with van der Waals surface area (Å²) in [4.78, 5) is 28.5. The van der Waals surface area contributed by atoms with Gasteiger partial charge in [-0.3, -0.25) is 9.59 Å². The molecule has 0 fully saturated rings. The number of anilines is 1. The molecule has 2 amide bonds. The van der Waals surface area contributed by atoms with Crippen LogP contribution >= 0.6 is 11.3 Å². The van der Waals surface area contributed by atoms with Crippen molar-refractivity contribution in [2.45, 2.75) is 25.7 Å². The molecule has 0 saturated carbocycles. The van der Waals surface area contributed by atoms with Crippen molar-refractivity contribution in [3.8, 4) is 0 Å². The second-order valence-electron chi connectivity index (χ2n) is 6.91. The topological polar surface area (TPSA) is 117 Å². The molecule has 0 unspecified atom stereocenters. The third-order valence-corrected chi connectivity index (χ3v) is 6.61. The van der Waals surface area contributed by atoms with Gasteiger partial charge in [0.2, 0.25) is 21.8 Å². The Morgan fingerprint density at radius 3 is 2.37 bits per heavy atom. The summed E-state index contributed by atoms with van der Waals surface area (Å²) in [7, 11) is -3.80. The van der Waals surface area contributed by atoms with Gasteiger partial charge in [0.15, 0.2) is 5.13 Å². The summed E-state index contributed by atoms with van der Waals surface area (Å²) in [6.07, 6.45) is 0. The standard InChI is InChI=1S/C20H22N4O4S2/c1-12-4-6-15(7-5-12)30(27,28)22-11-17(25)21-10-18(26)23-20-24-19-14(3)8-13(2)9-16(19)29-20/h4-9,22H,10-11H2,1-3H3,(H,21,25)(H,23,24,26). The minimum absolute atomic E-state index is 0.0695. The molecule has 0 aliphatic carbocycles. The summed E-state index contributed by atoms with van der Waals surface area (Å²) in [5, 5.41) is 5.48. The molecule has 158 valence electrons. The molecule has 0 spiro atoms. The van der Waals surface area contributed by atoms with Crippen molar-refractivity contribution < 1.29 is 18.0 Å². The van der Waals surface area contributed by atoms with Gasteiger partial charge in [0.25, 0.3) is 0 Å². The van der Waals surface area contributed by atoms with Crippen LogP contribution in [0.25, 0.3) is 10.2 Å². The first-order chi connectivity index (χ1) is 14.1. The fourth-order valence-corrected chi connectivity index (χ4v) is 4.83. The van der Waals surface area contributed by atoms with Crippen LogP contribution in [0.3, 0.4) is 0 Å². The van der Waals surface area contributed by atoms with Gasteiger partial charge < -0.3 is 10.6 Å². The highest BCUT2D eigenvalue weighted by molar-refractivity contribution is 7.89. The van der Waals surface area contributed by atoms with E-state index >= 15 is 0 Å². The van der Waals surface area contributed by atoms with E-state index in [1.54, 1.807) is 12.1 Å². The highest BCUT2D eigenvalue weighted by Gasteiger charge is 2.16. The Morgan fingerprint density at radius 2 is 1.67 bits per heavy atom. The molecule has 3 rings (SSSR count). The van der Waals surface area contributed by atoms with E-state index in [9.17, 15) is 18.0 Å². The van der Waals surface area contributed by atoms with Crippen LogP contribution in [0.1, 0.15) is 16.7 Å². The van der Waals surface area contributed by atoms with Gasteiger partial charge in [-0.15, -0.1) is 0 Å². The lowest BCUT2D eigenvalue weighted by Crippen LogP contribution is -2.40. The summed E-state index contributed by atoms with van der Waals surface area (Å²) in [5.74, 6) is -1.06. The molecule has 2 aromatic carbocycles. The molecule has 0 aliphatic heterocycles. The summed E-state index contributed by atoms with van der Waals surface area (Å²) in [6, 6.07) is 10.3. The lowest BCUT2D eigenvalue weighted by atomic mass is 10.1. The van der Waals surface area contributed by atoms with Crippen LogP contribution in [-0.4, -0.2) is 38.3 Å². The quantitative estimate of drug-likeness (QED) is 0.515. The normalized spacial score (nSPS) is 11.4. The van der Waals surface area contributed by atoms with E-state index in [1.165, 1.54) is 23.5 Å². The maximum atomic E-state index is 12.2. The van der Waals surface area contributed by atoms with Crippen LogP contribution < -0.4 is 15.4 Å². The average molecular weight is 447 g/mol. The number of nitrogens with one attached hydrogen (secondary N) is 3. The number of aryl methyl sites for hydroxylation is 3. The van der Waals surface area contributed by atoms with Crippen molar-refractivity contribution in [3.05, 3.63) is 53.1 Å². The number of benzene rings is 2. The predicted octanol–water partition coefficient (Wildman–Crippen LogP) is 2.25. The van der Waals surface area contributed by atoms with Gasteiger partial charge in [-0.05, 0) is 50.1 Å². The molecule has 0 saturated heterocycles. The molecule has 0 bridgehead atoms. The number of fused-ring (bicyclic) bond motifs is 1. The number of hydrogen-bond donors (Lipinski definition) is 3. The largest absolute Gasteiger partial charge is 0.346 e. The molecular weight excluding hydrogens is 424 g/mol. The lowest BCUT2D eigenvalue weighted by Gasteiger charge is -2.08. The van der Waals surface area contributed by atoms with Gasteiger partial charge in [-0.25, -0.2) is 18.1 Å². The van der Waals surface area contributed by atoms with E-state index in [1.807, 2.05) is 32.9 Å². The first kappa shape index (κ1) is 21.9. The zero-order valence-corrected chi connectivity index (χ0v) is 18.4. The Labute approximate surface area is 178 Å². The second-order valence-corrected chi connectivity index (χ2v) is 9.71. The van der Waals surface area contributed by atoms with Gasteiger partial charge >= 0.3 is 0 Å². The van der Waals surface area contributed by atoms with E-state index in [2.05, 4.69) is 20.3 Å². The summed E-state index contributed by atoms with van der Waals surface area (Å²) in [5.41, 5.74) is 3.89. The Balaban J connectivity index is 1.50. The smallest absolute Gasteiger partial charge is 0.245 e. The number of carbonyl (C=O) groups excluding carboxylic acids is 2. The number of amides is 2. The van der Waals surface area contributed by atoms with E-state index in [4.69, 9.17) is 0 Å². The fraction of sp³-hybridized carbons (Fsp3) is 0.250. The molecule has 1 heterocycles. The zero-order chi connectivity index (χ0) is 21.9. The van der Waals surface area contributed by atoms with E-state index in [0.717, 1.165) is 26.9 Å². The molecule has 30 heavy (non-hydrogen) atoms. The van der Waals surface area contributed by atoms with Gasteiger partial charge in [-0.2, -0.15) is 0 Å². The van der Waals surface area contributed by atoms with E-state index < -0.39 is 28.4 Å². The van der Waals surface area contributed by atoms with Crippen LogP contribution in [0.5, 0.6) is 0 Å². The molecule has 0 radical (unpaired) electrons. The molecule has 10 heteroatoms. The van der Waals surface area contributed by atoms with Crippen molar-refractivity contribution >= 4 is 48.5 Å². The van der Waals surface area contributed by atoms with E-state index in [0.29, 0.717) is 5.13 Å². The van der Waals surface area contributed by atoms with Crippen molar-refractivity contribution in [1.82, 2.24) is 15.0 Å². The molecule has 0 aliphatic rings. The number of aromatic nitrogens is 1. The number of carbonyl (C=O) groups is 2. The van der Waals surface area contributed by atoms with Gasteiger partial charge in [-0.1, -0.05) is 35.1 Å². The van der Waals surface area contributed by atoms with Gasteiger partial charge in [0, 0.05) is 0 Å². The first-order valence-electron chi connectivity index (χ1n) is 9.15. The highest BCUT2D eigenvalue weighted by atomic mass is 32.2. The third-order valence-electron chi connectivity index (χ3n) is 4.28. The number of rotatable bonds is 7. The van der Waals surface area contributed by atoms with Gasteiger partial charge in [0.1, 0.15) is 0 Å². The Bertz CT molecular complexity index is 1200. The van der Waals surface area contributed by atoms with Gasteiger partial charge in [0.05, 0.1) is 28.2 Å². The summed E-state index contributed by atoms with van der Waals surface area (Å²) >= 11 is 1.35. The summed E-state index contributed by atoms with van der Waals surface area (Å²) < 4.78 is 27.6. The maximum Gasteiger partial charge on any atom is 0.245 e. The maximum absolute atomic E-state index is 12.2. The Morgan fingerprint density at radius 1 is 0.967 bits per heavy atom. The molecule has 8 nitrogen and oxygen atoms in total. The molecule has 1 aromatic heterocycles. The first-order valence-corrected chi connectivity index (χ1v) is 11.4. The van der Waals surface area contributed by atoms with Crippen molar-refractivity contribution in [1.29, 1.82) is 0 Å². The zero-order valence-electron chi connectivity index (χ0n) is 16.8. The monoisotopic (exact) mass is 446 g/mol. The SMILES string of the molecule is Cc1ccc(S(=O)(=O)NCC(=O)NCC(=O)Nc2nc3c(C)cc(C)cc3s2)cc1. The highest BCUT2D eigenvalue weighted by Crippen LogP contribution is 2.29. The lowest BCUT2D eigenvalue weighted by molar-refractivity contribution is -0.123. The number of thiazole rings is 1. The number of nitrogens with zero attached hydrogens (tertiary/aromatic N) is 1. The van der Waals surface area contributed by atoms with Crippen molar-refractivity contribution in [2.75, 3.05) is 18.4 Å². The van der Waals surface area contributed by atoms with Crippen LogP contribution in [0.4, 0.5) is 5.13 Å². The summed E-state index contributed by atoms with van der Waals surface area (Å²) in [6.45, 7) is 5.03. The Kier molecular flexibility index (Phi) is 6.49. The number of sulfonamides is 1. The van der Waals surface area contributed by atoms with Crippen LogP contribution in [0.2, 0.25) is 0 Å². The average Bonchev–Trinajstić information content (AvgIpc) is 3.07. The van der Waals surface area contributed by atoms with Crippen LogP contribution in [-0.2, 0) is 19.6 Å². The minimum atomic E-state index is -3.80.